The van der Waals surface area contributed by atoms with E-state index in [4.69, 9.17) is 22.1 Å². The van der Waals surface area contributed by atoms with Crippen molar-refractivity contribution in [2.45, 2.75) is 32.2 Å². The molecule has 4 nitrogen and oxygen atoms in total. The lowest BCUT2D eigenvalue weighted by atomic mass is 10.1. The van der Waals surface area contributed by atoms with Crippen molar-refractivity contribution in [3.05, 3.63) is 29.3 Å². The number of nitrogens with zero attached hydrogens (tertiary/aromatic N) is 1. The topological polar surface area (TPSA) is 55.6 Å². The first kappa shape index (κ1) is 16.8. The average molecular weight is 299 g/mol. The number of hydrogen-bond donors (Lipinski definition) is 1. The normalized spacial score (nSPS) is 12.0. The molecular formula is C15H23ClN2O2. The van der Waals surface area contributed by atoms with Crippen molar-refractivity contribution in [2.24, 2.45) is 5.73 Å². The van der Waals surface area contributed by atoms with E-state index in [-0.39, 0.29) is 11.9 Å². The highest BCUT2D eigenvalue weighted by atomic mass is 35.5. The van der Waals surface area contributed by atoms with E-state index in [0.717, 1.165) is 12.8 Å². The number of benzene rings is 1. The minimum atomic E-state index is -0.0561. The number of carbonyl (C=O) groups excluding carboxylic acids is 1. The van der Waals surface area contributed by atoms with E-state index in [1.54, 1.807) is 24.1 Å². The highest BCUT2D eigenvalue weighted by Crippen LogP contribution is 2.22. The van der Waals surface area contributed by atoms with Gasteiger partial charge >= 0.3 is 0 Å². The maximum absolute atomic E-state index is 11.9. The van der Waals surface area contributed by atoms with Crippen LogP contribution in [0.4, 0.5) is 0 Å². The summed E-state index contributed by atoms with van der Waals surface area (Å²) in [4.78, 5) is 13.5. The molecule has 1 aromatic carbocycles. The van der Waals surface area contributed by atoms with E-state index < -0.39 is 0 Å². The summed E-state index contributed by atoms with van der Waals surface area (Å²) in [6.07, 6.45) is 2.25. The van der Waals surface area contributed by atoms with Crippen molar-refractivity contribution < 1.29 is 9.53 Å². The van der Waals surface area contributed by atoms with Crippen LogP contribution in [0.15, 0.2) is 24.3 Å². The van der Waals surface area contributed by atoms with Gasteiger partial charge in [-0.15, -0.1) is 0 Å². The molecule has 0 saturated heterocycles. The zero-order valence-corrected chi connectivity index (χ0v) is 12.9. The van der Waals surface area contributed by atoms with Crippen LogP contribution in [0.1, 0.15) is 26.2 Å². The molecule has 1 unspecified atom stereocenters. The monoisotopic (exact) mass is 298 g/mol. The number of rotatable bonds is 8. The number of para-hydroxylation sites is 1. The van der Waals surface area contributed by atoms with Gasteiger partial charge < -0.3 is 15.4 Å². The fourth-order valence-corrected chi connectivity index (χ4v) is 2.02. The van der Waals surface area contributed by atoms with Crippen molar-refractivity contribution >= 4 is 17.5 Å². The minimum Gasteiger partial charge on any atom is -0.490 e. The number of nitrogens with two attached hydrogens (primary N) is 1. The summed E-state index contributed by atoms with van der Waals surface area (Å²) >= 11 is 5.98. The Labute approximate surface area is 125 Å². The highest BCUT2D eigenvalue weighted by Gasteiger charge is 2.13. The van der Waals surface area contributed by atoms with Gasteiger partial charge in [-0.2, -0.15) is 0 Å². The first-order valence-corrected chi connectivity index (χ1v) is 7.29. The van der Waals surface area contributed by atoms with Crippen molar-refractivity contribution in [3.63, 3.8) is 0 Å². The molecule has 2 N–H and O–H groups in total. The van der Waals surface area contributed by atoms with Crippen molar-refractivity contribution in [1.29, 1.82) is 0 Å². The molecule has 0 spiro atoms. The van der Waals surface area contributed by atoms with Gasteiger partial charge in [0.1, 0.15) is 12.4 Å². The maximum atomic E-state index is 11.9. The molecule has 0 radical (unpaired) electrons. The molecule has 0 bridgehead atoms. The summed E-state index contributed by atoms with van der Waals surface area (Å²) in [6, 6.07) is 7.23. The summed E-state index contributed by atoms with van der Waals surface area (Å²) < 4.78 is 5.55. The van der Waals surface area contributed by atoms with Crippen LogP contribution in [-0.4, -0.2) is 37.0 Å². The van der Waals surface area contributed by atoms with Crippen LogP contribution in [0.2, 0.25) is 5.02 Å². The van der Waals surface area contributed by atoms with Crippen LogP contribution in [0, 0.1) is 0 Å². The number of carbonyl (C=O) groups is 1. The first-order chi connectivity index (χ1) is 9.54. The first-order valence-electron chi connectivity index (χ1n) is 6.91. The predicted molar refractivity (Wildman–Crippen MR) is 82.1 cm³/mol. The third kappa shape index (κ3) is 5.80. The van der Waals surface area contributed by atoms with E-state index >= 15 is 0 Å². The smallest absolute Gasteiger partial charge is 0.223 e. The third-order valence-corrected chi connectivity index (χ3v) is 3.36. The van der Waals surface area contributed by atoms with Gasteiger partial charge in [0.2, 0.25) is 5.91 Å². The van der Waals surface area contributed by atoms with E-state index in [1.165, 1.54) is 0 Å². The van der Waals surface area contributed by atoms with Crippen LogP contribution < -0.4 is 10.5 Å². The van der Waals surface area contributed by atoms with E-state index in [0.29, 0.717) is 30.3 Å². The molecule has 5 heteroatoms. The number of ether oxygens (including phenoxy) is 1. The second-order valence-electron chi connectivity index (χ2n) is 4.85. The summed E-state index contributed by atoms with van der Waals surface area (Å²) in [5, 5.41) is 0.575. The number of amides is 1. The third-order valence-electron chi connectivity index (χ3n) is 3.04. The summed E-state index contributed by atoms with van der Waals surface area (Å²) in [5.74, 6) is 0.686. The molecule has 1 aromatic rings. The van der Waals surface area contributed by atoms with Gasteiger partial charge in [-0.3, -0.25) is 4.79 Å². The molecular weight excluding hydrogens is 276 g/mol. The summed E-state index contributed by atoms with van der Waals surface area (Å²) in [6.45, 7) is 2.99. The Kier molecular flexibility index (Phi) is 7.41. The Balaban J connectivity index is 2.31. The standard InChI is InChI=1S/C15H23ClN2O2/c1-3-6-12(17)11-15(19)18(2)9-10-20-14-8-5-4-7-13(14)16/h4-5,7-8,12H,3,6,9-11,17H2,1-2H3. The Morgan fingerprint density at radius 3 is 2.80 bits per heavy atom. The molecule has 20 heavy (non-hydrogen) atoms. The van der Waals surface area contributed by atoms with E-state index in [1.807, 2.05) is 12.1 Å². The quantitative estimate of drug-likeness (QED) is 0.803. The van der Waals surface area contributed by atoms with Gasteiger partial charge in [-0.05, 0) is 18.6 Å². The van der Waals surface area contributed by atoms with Gasteiger partial charge in [-0.1, -0.05) is 37.1 Å². The van der Waals surface area contributed by atoms with Crippen LogP contribution in [-0.2, 0) is 4.79 Å². The van der Waals surface area contributed by atoms with Crippen LogP contribution in [0.3, 0.4) is 0 Å². The van der Waals surface area contributed by atoms with Gasteiger partial charge in [0.05, 0.1) is 11.6 Å². The Morgan fingerprint density at radius 1 is 1.45 bits per heavy atom. The second-order valence-corrected chi connectivity index (χ2v) is 5.25. The van der Waals surface area contributed by atoms with Crippen LogP contribution >= 0.6 is 11.6 Å². The van der Waals surface area contributed by atoms with Gasteiger partial charge in [0.15, 0.2) is 0 Å². The summed E-state index contributed by atoms with van der Waals surface area (Å²) in [5.41, 5.74) is 5.87. The highest BCUT2D eigenvalue weighted by molar-refractivity contribution is 6.32. The maximum Gasteiger partial charge on any atom is 0.223 e. The molecule has 0 aliphatic carbocycles. The van der Waals surface area contributed by atoms with Crippen LogP contribution in [0.5, 0.6) is 5.75 Å². The number of likely N-dealkylation sites (N-methyl/N-ethyl adjacent to an activating group) is 1. The fourth-order valence-electron chi connectivity index (χ4n) is 1.83. The largest absolute Gasteiger partial charge is 0.490 e. The Hall–Kier alpha value is -1.26. The molecule has 1 amide bonds. The molecule has 0 fully saturated rings. The minimum absolute atomic E-state index is 0.0497. The zero-order chi connectivity index (χ0) is 15.0. The fraction of sp³-hybridized carbons (Fsp3) is 0.533. The zero-order valence-electron chi connectivity index (χ0n) is 12.1. The van der Waals surface area contributed by atoms with Gasteiger partial charge in [0, 0.05) is 19.5 Å². The SMILES string of the molecule is CCCC(N)CC(=O)N(C)CCOc1ccccc1Cl. The van der Waals surface area contributed by atoms with Crippen molar-refractivity contribution in [3.8, 4) is 5.75 Å². The molecule has 112 valence electrons. The lowest BCUT2D eigenvalue weighted by Crippen LogP contribution is -2.35. The molecule has 0 saturated carbocycles. The molecule has 1 atom stereocenters. The number of halogens is 1. The lowest BCUT2D eigenvalue weighted by molar-refractivity contribution is -0.130. The van der Waals surface area contributed by atoms with Crippen molar-refractivity contribution in [1.82, 2.24) is 4.90 Å². The van der Waals surface area contributed by atoms with Gasteiger partial charge in [-0.25, -0.2) is 0 Å². The van der Waals surface area contributed by atoms with Gasteiger partial charge in [0.25, 0.3) is 0 Å². The van der Waals surface area contributed by atoms with Crippen LogP contribution in [0.25, 0.3) is 0 Å². The van der Waals surface area contributed by atoms with Crippen molar-refractivity contribution in [2.75, 3.05) is 20.2 Å². The molecule has 0 aromatic heterocycles. The molecule has 0 aliphatic heterocycles. The number of hydrogen-bond acceptors (Lipinski definition) is 3. The Morgan fingerprint density at radius 2 is 2.15 bits per heavy atom. The second kappa shape index (κ2) is 8.82. The van der Waals surface area contributed by atoms with E-state index in [9.17, 15) is 4.79 Å². The average Bonchev–Trinajstić information content (AvgIpc) is 2.41. The predicted octanol–water partition coefficient (Wildman–Crippen LogP) is 2.69. The molecule has 0 heterocycles. The lowest BCUT2D eigenvalue weighted by Gasteiger charge is -2.19. The van der Waals surface area contributed by atoms with E-state index in [2.05, 4.69) is 6.92 Å². The molecule has 0 aliphatic rings. The Bertz CT molecular complexity index is 426. The molecule has 1 rings (SSSR count). The summed E-state index contributed by atoms with van der Waals surface area (Å²) in [7, 11) is 1.76.